The number of imidazole rings is 1. The molecule has 124 valence electrons. The molecule has 6 nitrogen and oxygen atoms in total. The second kappa shape index (κ2) is 7.78. The van der Waals surface area contributed by atoms with Gasteiger partial charge in [-0.05, 0) is 30.7 Å². The molecule has 1 aromatic carbocycles. The highest BCUT2D eigenvalue weighted by Gasteiger charge is 2.11. The van der Waals surface area contributed by atoms with Crippen LogP contribution in [-0.2, 0) is 11.2 Å². The van der Waals surface area contributed by atoms with E-state index >= 15 is 0 Å². The highest BCUT2D eigenvalue weighted by molar-refractivity contribution is 7.99. The predicted octanol–water partition coefficient (Wildman–Crippen LogP) is 3.67. The number of thioether (sulfide) groups is 1. The second-order valence-electron chi connectivity index (χ2n) is 4.75. The number of nitrogens with one attached hydrogen (secondary N) is 1. The number of halogens is 1. The second-order valence-corrected chi connectivity index (χ2v) is 7.19. The summed E-state index contributed by atoms with van der Waals surface area (Å²) in [5, 5.41) is 13.5. The van der Waals surface area contributed by atoms with Crippen LogP contribution in [0.1, 0.15) is 11.9 Å². The summed E-state index contributed by atoms with van der Waals surface area (Å²) in [7, 11) is 0. The van der Waals surface area contributed by atoms with Crippen molar-refractivity contribution < 1.29 is 4.79 Å². The lowest BCUT2D eigenvalue weighted by molar-refractivity contribution is -0.113. The maximum Gasteiger partial charge on any atom is 0.236 e. The van der Waals surface area contributed by atoms with Gasteiger partial charge < -0.3 is 0 Å². The normalized spacial score (nSPS) is 10.8. The molecule has 0 fully saturated rings. The SMILES string of the molecule is CCc1nnc(NC(=O)CSc2nccn2-c2ccc(Cl)cc2)s1. The van der Waals surface area contributed by atoms with E-state index in [4.69, 9.17) is 11.6 Å². The van der Waals surface area contributed by atoms with Gasteiger partial charge in [0.1, 0.15) is 5.01 Å². The molecule has 3 rings (SSSR count). The van der Waals surface area contributed by atoms with E-state index in [-0.39, 0.29) is 11.7 Å². The summed E-state index contributed by atoms with van der Waals surface area (Å²) in [6.07, 6.45) is 4.36. The zero-order chi connectivity index (χ0) is 16.9. The summed E-state index contributed by atoms with van der Waals surface area (Å²) >= 11 is 8.66. The summed E-state index contributed by atoms with van der Waals surface area (Å²) in [4.78, 5) is 16.3. The maximum atomic E-state index is 12.1. The average molecular weight is 380 g/mol. The van der Waals surface area contributed by atoms with E-state index in [1.807, 2.05) is 42.0 Å². The summed E-state index contributed by atoms with van der Waals surface area (Å²) < 4.78 is 1.91. The van der Waals surface area contributed by atoms with Gasteiger partial charge in [-0.2, -0.15) is 0 Å². The van der Waals surface area contributed by atoms with Crippen LogP contribution in [0.15, 0.2) is 41.8 Å². The van der Waals surface area contributed by atoms with Gasteiger partial charge in [0.2, 0.25) is 11.0 Å². The number of carbonyl (C=O) groups excluding carboxylic acids is 1. The highest BCUT2D eigenvalue weighted by atomic mass is 35.5. The van der Waals surface area contributed by atoms with E-state index < -0.39 is 0 Å². The molecule has 24 heavy (non-hydrogen) atoms. The Labute approximate surface area is 152 Å². The molecule has 9 heteroatoms. The number of carbonyl (C=O) groups is 1. The van der Waals surface area contributed by atoms with Crippen molar-refractivity contribution in [2.45, 2.75) is 18.5 Å². The third kappa shape index (κ3) is 4.14. The van der Waals surface area contributed by atoms with E-state index in [9.17, 15) is 4.79 Å². The first-order valence-electron chi connectivity index (χ1n) is 7.20. The number of anilines is 1. The van der Waals surface area contributed by atoms with E-state index in [1.54, 1.807) is 6.20 Å². The van der Waals surface area contributed by atoms with Crippen LogP contribution in [-0.4, -0.2) is 31.4 Å². The largest absolute Gasteiger partial charge is 0.300 e. The number of aryl methyl sites for hydroxylation is 1. The standard InChI is InChI=1S/C15H14ClN5OS2/c1-2-13-19-20-14(24-13)18-12(22)9-23-15-17-7-8-21(15)11-5-3-10(16)4-6-11/h3-8H,2,9H2,1H3,(H,18,20,22). The van der Waals surface area contributed by atoms with Crippen molar-refractivity contribution in [1.29, 1.82) is 0 Å². The molecule has 0 saturated carbocycles. The molecule has 0 aliphatic rings. The van der Waals surface area contributed by atoms with Crippen molar-refractivity contribution >= 4 is 45.7 Å². The Kier molecular flexibility index (Phi) is 5.49. The van der Waals surface area contributed by atoms with Gasteiger partial charge >= 0.3 is 0 Å². The van der Waals surface area contributed by atoms with E-state index in [1.165, 1.54) is 23.1 Å². The number of aromatic nitrogens is 4. The zero-order valence-electron chi connectivity index (χ0n) is 12.8. The number of hydrogen-bond acceptors (Lipinski definition) is 6. The molecule has 0 aliphatic carbocycles. The molecule has 2 aromatic heterocycles. The fourth-order valence-corrected chi connectivity index (χ4v) is 3.52. The van der Waals surface area contributed by atoms with Crippen LogP contribution >= 0.6 is 34.7 Å². The van der Waals surface area contributed by atoms with E-state index in [0.717, 1.165) is 22.3 Å². The van der Waals surface area contributed by atoms with Gasteiger partial charge in [-0.1, -0.05) is 41.6 Å². The minimum absolute atomic E-state index is 0.135. The first-order chi connectivity index (χ1) is 11.7. The van der Waals surface area contributed by atoms with Crippen LogP contribution in [0.25, 0.3) is 5.69 Å². The topological polar surface area (TPSA) is 72.7 Å². The van der Waals surface area contributed by atoms with Crippen molar-refractivity contribution in [1.82, 2.24) is 19.7 Å². The minimum atomic E-state index is -0.135. The van der Waals surface area contributed by atoms with Gasteiger partial charge in [0, 0.05) is 23.1 Å². The Morgan fingerprint density at radius 2 is 2.12 bits per heavy atom. The van der Waals surface area contributed by atoms with Crippen LogP contribution in [0.2, 0.25) is 5.02 Å². The third-order valence-electron chi connectivity index (χ3n) is 3.06. The summed E-state index contributed by atoms with van der Waals surface area (Å²) in [6.45, 7) is 2.00. The van der Waals surface area contributed by atoms with Crippen LogP contribution in [0.4, 0.5) is 5.13 Å². The van der Waals surface area contributed by atoms with Crippen LogP contribution in [0, 0.1) is 0 Å². The Balaban J connectivity index is 1.61. The number of benzene rings is 1. The molecular weight excluding hydrogens is 366 g/mol. The van der Waals surface area contributed by atoms with Gasteiger partial charge in [0.05, 0.1) is 5.75 Å². The lowest BCUT2D eigenvalue weighted by atomic mass is 10.3. The van der Waals surface area contributed by atoms with Gasteiger partial charge in [-0.3, -0.25) is 14.7 Å². The number of nitrogens with zero attached hydrogens (tertiary/aromatic N) is 4. The molecule has 3 aromatic rings. The lowest BCUT2D eigenvalue weighted by Gasteiger charge is -2.07. The molecule has 0 radical (unpaired) electrons. The molecule has 0 aliphatic heterocycles. The summed E-state index contributed by atoms with van der Waals surface area (Å²) in [5.41, 5.74) is 0.941. The first kappa shape index (κ1) is 16.9. The van der Waals surface area contributed by atoms with Crippen molar-refractivity contribution in [3.05, 3.63) is 46.7 Å². The number of amides is 1. The van der Waals surface area contributed by atoms with Gasteiger partial charge in [0.15, 0.2) is 5.16 Å². The lowest BCUT2D eigenvalue weighted by Crippen LogP contribution is -2.14. The highest BCUT2D eigenvalue weighted by Crippen LogP contribution is 2.22. The quantitative estimate of drug-likeness (QED) is 0.661. The third-order valence-corrected chi connectivity index (χ3v) is 5.26. The Morgan fingerprint density at radius 1 is 1.33 bits per heavy atom. The Morgan fingerprint density at radius 3 is 2.83 bits per heavy atom. The summed E-state index contributed by atoms with van der Waals surface area (Å²) in [6, 6.07) is 7.45. The van der Waals surface area contributed by atoms with Crippen molar-refractivity contribution in [2.24, 2.45) is 0 Å². The Bertz CT molecular complexity index is 831. The fourth-order valence-electron chi connectivity index (χ4n) is 1.93. The minimum Gasteiger partial charge on any atom is -0.300 e. The maximum absolute atomic E-state index is 12.1. The molecule has 0 atom stereocenters. The van der Waals surface area contributed by atoms with Gasteiger partial charge in [-0.25, -0.2) is 4.98 Å². The smallest absolute Gasteiger partial charge is 0.236 e. The molecule has 0 bridgehead atoms. The number of hydrogen-bond donors (Lipinski definition) is 1. The van der Waals surface area contributed by atoms with Gasteiger partial charge in [-0.15, -0.1) is 10.2 Å². The summed E-state index contributed by atoms with van der Waals surface area (Å²) in [5.74, 6) is 0.107. The molecule has 0 spiro atoms. The van der Waals surface area contributed by atoms with Crippen molar-refractivity contribution in [2.75, 3.05) is 11.1 Å². The molecule has 0 unspecified atom stereocenters. The number of rotatable bonds is 6. The van der Waals surface area contributed by atoms with Crippen LogP contribution in [0.5, 0.6) is 0 Å². The molecule has 0 saturated heterocycles. The molecule has 1 N–H and O–H groups in total. The van der Waals surface area contributed by atoms with Crippen LogP contribution < -0.4 is 5.32 Å². The van der Waals surface area contributed by atoms with E-state index in [2.05, 4.69) is 20.5 Å². The molecule has 2 heterocycles. The zero-order valence-corrected chi connectivity index (χ0v) is 15.2. The molecule has 1 amide bonds. The monoisotopic (exact) mass is 379 g/mol. The first-order valence-corrected chi connectivity index (χ1v) is 9.38. The van der Waals surface area contributed by atoms with Crippen molar-refractivity contribution in [3.63, 3.8) is 0 Å². The van der Waals surface area contributed by atoms with Crippen LogP contribution in [0.3, 0.4) is 0 Å². The predicted molar refractivity (Wildman–Crippen MR) is 97.2 cm³/mol. The average Bonchev–Trinajstić information content (AvgIpc) is 3.22. The van der Waals surface area contributed by atoms with Gasteiger partial charge in [0.25, 0.3) is 0 Å². The fraction of sp³-hybridized carbons (Fsp3) is 0.200. The Hall–Kier alpha value is -1.90. The van der Waals surface area contributed by atoms with E-state index in [0.29, 0.717) is 10.2 Å². The van der Waals surface area contributed by atoms with Crippen molar-refractivity contribution in [3.8, 4) is 5.69 Å². The molecular formula is C15H14ClN5OS2.